The van der Waals surface area contributed by atoms with Crippen LogP contribution in [0.25, 0.3) is 0 Å². The summed E-state index contributed by atoms with van der Waals surface area (Å²) in [4.78, 5) is 0. The smallest absolute Gasteiger partial charge is 0.0582 e. The largest absolute Gasteiger partial charge is 0.0883 e. The highest BCUT2D eigenvalue weighted by molar-refractivity contribution is 9.09. The van der Waals surface area contributed by atoms with Gasteiger partial charge in [-0.1, -0.05) is 44.0 Å². The van der Waals surface area contributed by atoms with Crippen LogP contribution < -0.4 is 0 Å². The van der Waals surface area contributed by atoms with Gasteiger partial charge >= 0.3 is 0 Å². The highest BCUT2D eigenvalue weighted by Crippen LogP contribution is 1.84. The molecular formula is C4H6Br2. The zero-order chi connectivity index (χ0) is 6.57. The molecule has 0 saturated heterocycles. The van der Waals surface area contributed by atoms with Crippen LogP contribution in [-0.2, 0) is 0 Å². The summed E-state index contributed by atoms with van der Waals surface area (Å²) in [5.74, 6) is 0. The minimum Gasteiger partial charge on any atom is -0.0883 e. The average Bonchev–Trinajstić information content (AvgIpc) is 1.84. The van der Waals surface area contributed by atoms with Crippen molar-refractivity contribution in [3.8, 4) is 0 Å². The molecule has 0 aromatic carbocycles. The molecule has 0 heterocycles. The summed E-state index contributed by atoms with van der Waals surface area (Å²) in [7, 11) is 0. The lowest BCUT2D eigenvalue weighted by molar-refractivity contribution is 1.71. The SMILES string of the molecule is [2H]C(CBr)=C([2H])CBr. The fourth-order valence-electron chi connectivity index (χ4n) is 0.0945. The molecule has 0 aromatic heterocycles. The van der Waals surface area contributed by atoms with Gasteiger partial charge in [0.25, 0.3) is 0 Å². The molecule has 0 unspecified atom stereocenters. The van der Waals surface area contributed by atoms with Gasteiger partial charge in [-0.15, -0.1) is 0 Å². The van der Waals surface area contributed by atoms with E-state index in [4.69, 9.17) is 2.74 Å². The maximum absolute atomic E-state index is 7.04. The fraction of sp³-hybridized carbons (Fsp3) is 0.500. The van der Waals surface area contributed by atoms with Crippen molar-refractivity contribution in [3.05, 3.63) is 12.1 Å². The highest BCUT2D eigenvalue weighted by atomic mass is 79.9. The Morgan fingerprint density at radius 1 is 1.33 bits per heavy atom. The Hall–Kier alpha value is 0.700. The third-order valence-electron chi connectivity index (χ3n) is 0.259. The molecule has 0 aliphatic rings. The molecule has 0 spiro atoms. The molecule has 0 rings (SSSR count). The normalized spacial score (nSPS) is 18.3. The molecular weight excluding hydrogens is 208 g/mol. The topological polar surface area (TPSA) is 0 Å². The van der Waals surface area contributed by atoms with Crippen LogP contribution in [0.2, 0.25) is 0 Å². The summed E-state index contributed by atoms with van der Waals surface area (Å²) < 4.78 is 14.1. The summed E-state index contributed by atoms with van der Waals surface area (Å²) in [5, 5.41) is 0.939. The van der Waals surface area contributed by atoms with Crippen LogP contribution in [0.5, 0.6) is 0 Å². The van der Waals surface area contributed by atoms with Gasteiger partial charge in [0, 0.05) is 10.7 Å². The van der Waals surface area contributed by atoms with Gasteiger partial charge < -0.3 is 0 Å². The predicted octanol–water partition coefficient (Wildman–Crippen LogP) is 2.33. The van der Waals surface area contributed by atoms with Crippen molar-refractivity contribution in [3.63, 3.8) is 0 Å². The van der Waals surface area contributed by atoms with Gasteiger partial charge in [0.2, 0.25) is 0 Å². The number of hydrogen-bond acceptors (Lipinski definition) is 0. The summed E-state index contributed by atoms with van der Waals surface area (Å²) >= 11 is 6.14. The van der Waals surface area contributed by atoms with E-state index in [1.165, 1.54) is 0 Å². The first-order valence-electron chi connectivity index (χ1n) is 2.49. The van der Waals surface area contributed by atoms with Crippen LogP contribution in [-0.4, -0.2) is 10.7 Å². The molecule has 0 saturated carbocycles. The second-order valence-electron chi connectivity index (χ2n) is 0.621. The lowest BCUT2D eigenvalue weighted by atomic mass is 10.6. The number of rotatable bonds is 2. The van der Waals surface area contributed by atoms with Gasteiger partial charge in [-0.3, -0.25) is 0 Å². The van der Waals surface area contributed by atoms with E-state index < -0.39 is 0 Å². The standard InChI is InChI=1S/C4H6Br2/c5-3-1-2-4-6/h1-2H,3-4H2/i1D,2D. The summed E-state index contributed by atoms with van der Waals surface area (Å²) in [6.07, 6.45) is 0. The van der Waals surface area contributed by atoms with Crippen LogP contribution in [0.1, 0.15) is 2.74 Å². The minimum absolute atomic E-state index is 0.335. The van der Waals surface area contributed by atoms with E-state index in [1.807, 2.05) is 0 Å². The Kier molecular flexibility index (Phi) is 3.49. The Balaban J connectivity index is 3.83. The third-order valence-corrected chi connectivity index (χ3v) is 0.819. The van der Waals surface area contributed by atoms with Crippen molar-refractivity contribution in [1.82, 2.24) is 0 Å². The summed E-state index contributed by atoms with van der Waals surface area (Å²) in [5.41, 5.74) is 0. The van der Waals surface area contributed by atoms with Crippen LogP contribution in [0, 0.1) is 0 Å². The monoisotopic (exact) mass is 214 g/mol. The van der Waals surface area contributed by atoms with Crippen molar-refractivity contribution in [2.45, 2.75) is 0 Å². The zero-order valence-electron chi connectivity index (χ0n) is 5.17. The van der Waals surface area contributed by atoms with Crippen molar-refractivity contribution < 1.29 is 2.74 Å². The second kappa shape index (κ2) is 5.70. The molecule has 0 atom stereocenters. The molecule has 0 radical (unpaired) electrons. The maximum Gasteiger partial charge on any atom is 0.0582 e. The van der Waals surface area contributed by atoms with E-state index in [9.17, 15) is 0 Å². The van der Waals surface area contributed by atoms with Gasteiger partial charge in [0.1, 0.15) is 0 Å². The first-order valence-corrected chi connectivity index (χ1v) is 3.73. The number of halogens is 2. The molecule has 6 heavy (non-hydrogen) atoms. The van der Waals surface area contributed by atoms with E-state index in [-0.39, 0.29) is 0 Å². The molecule has 2 heteroatoms. The number of alkyl halides is 2. The van der Waals surface area contributed by atoms with Gasteiger partial charge in [-0.05, 0) is 0 Å². The minimum atomic E-state index is 0.335. The maximum atomic E-state index is 7.04. The van der Waals surface area contributed by atoms with Crippen molar-refractivity contribution in [2.24, 2.45) is 0 Å². The quantitative estimate of drug-likeness (QED) is 0.490. The second-order valence-corrected chi connectivity index (χ2v) is 1.74. The zero-order valence-corrected chi connectivity index (χ0v) is 6.34. The van der Waals surface area contributed by atoms with Crippen LogP contribution in [0.15, 0.2) is 12.1 Å². The van der Waals surface area contributed by atoms with E-state index in [0.717, 1.165) is 0 Å². The van der Waals surface area contributed by atoms with Crippen molar-refractivity contribution >= 4 is 31.9 Å². The van der Waals surface area contributed by atoms with Gasteiger partial charge in [-0.25, -0.2) is 0 Å². The van der Waals surface area contributed by atoms with Crippen LogP contribution >= 0.6 is 31.9 Å². The summed E-state index contributed by atoms with van der Waals surface area (Å²) in [6, 6.07) is 0.670. The van der Waals surface area contributed by atoms with Gasteiger partial charge in [0.15, 0.2) is 0 Å². The molecule has 0 aliphatic carbocycles. The van der Waals surface area contributed by atoms with E-state index in [2.05, 4.69) is 31.9 Å². The molecule has 0 amide bonds. The molecule has 0 nitrogen and oxygen atoms in total. The first kappa shape index (κ1) is 3.67. The fourth-order valence-corrected chi connectivity index (χ4v) is 0.491. The third kappa shape index (κ3) is 4.70. The van der Waals surface area contributed by atoms with E-state index >= 15 is 0 Å². The van der Waals surface area contributed by atoms with Crippen LogP contribution in [0.3, 0.4) is 0 Å². The predicted molar refractivity (Wildman–Crippen MR) is 36.7 cm³/mol. The molecule has 0 aliphatic heterocycles. The lowest BCUT2D eigenvalue weighted by Crippen LogP contribution is -1.58. The lowest BCUT2D eigenvalue weighted by Gasteiger charge is -1.70. The Morgan fingerprint density at radius 3 is 1.83 bits per heavy atom. The Bertz CT molecular complexity index is 88.2. The average molecular weight is 216 g/mol. The number of hydrogen-bond donors (Lipinski definition) is 0. The molecule has 0 bridgehead atoms. The van der Waals surface area contributed by atoms with Gasteiger partial charge in [0.05, 0.1) is 2.74 Å². The van der Waals surface area contributed by atoms with E-state index in [0.29, 0.717) is 22.8 Å². The van der Waals surface area contributed by atoms with Gasteiger partial charge in [-0.2, -0.15) is 0 Å². The summed E-state index contributed by atoms with van der Waals surface area (Å²) in [6.45, 7) is 0. The van der Waals surface area contributed by atoms with Crippen LogP contribution in [0.4, 0.5) is 0 Å². The van der Waals surface area contributed by atoms with E-state index in [1.54, 1.807) is 0 Å². The first-order chi connectivity index (χ1) is 3.72. The molecule has 0 aromatic rings. The van der Waals surface area contributed by atoms with Crippen molar-refractivity contribution in [1.29, 1.82) is 0 Å². The number of allylic oxidation sites excluding steroid dienone is 2. The van der Waals surface area contributed by atoms with Crippen molar-refractivity contribution in [2.75, 3.05) is 10.7 Å². The Morgan fingerprint density at radius 2 is 1.67 bits per heavy atom. The molecule has 0 fully saturated rings. The highest BCUT2D eigenvalue weighted by Gasteiger charge is 1.62. The molecule has 0 N–H and O–H groups in total. The Labute approximate surface area is 57.7 Å². The molecule has 36 valence electrons.